The van der Waals surface area contributed by atoms with Crippen LogP contribution in [0.3, 0.4) is 0 Å². The van der Waals surface area contributed by atoms with Gasteiger partial charge in [0.2, 0.25) is 0 Å². The van der Waals surface area contributed by atoms with Gasteiger partial charge in [0, 0.05) is 10.4 Å². The molecular formula is C7H5BBrCl. The van der Waals surface area contributed by atoms with Crippen LogP contribution in [0, 0.1) is 0 Å². The van der Waals surface area contributed by atoms with Crippen LogP contribution in [0.25, 0.3) is 0 Å². The van der Waals surface area contributed by atoms with Crippen LogP contribution in [-0.2, 0) is 5.33 Å². The van der Waals surface area contributed by atoms with Crippen LogP contribution >= 0.6 is 27.5 Å². The smallest absolute Gasteiger partial charge is 0.0926 e. The summed E-state index contributed by atoms with van der Waals surface area (Å²) in [5, 5.41) is 1.48. The van der Waals surface area contributed by atoms with Crippen LogP contribution in [0.5, 0.6) is 0 Å². The van der Waals surface area contributed by atoms with Gasteiger partial charge in [-0.15, -0.1) is 0 Å². The Morgan fingerprint density at radius 2 is 2.20 bits per heavy atom. The Kier molecular flexibility index (Phi) is 2.81. The van der Waals surface area contributed by atoms with E-state index in [4.69, 9.17) is 19.4 Å². The maximum atomic E-state index is 5.72. The lowest BCUT2D eigenvalue weighted by Crippen LogP contribution is -2.07. The van der Waals surface area contributed by atoms with E-state index in [0.29, 0.717) is 0 Å². The number of halogens is 2. The first-order chi connectivity index (χ1) is 4.74. The Hall–Kier alpha value is 0.0549. The summed E-state index contributed by atoms with van der Waals surface area (Å²) >= 11 is 9.02. The molecule has 1 aromatic rings. The second kappa shape index (κ2) is 3.45. The summed E-state index contributed by atoms with van der Waals surface area (Å²) in [5.74, 6) is 0. The second-order valence-corrected chi connectivity index (χ2v) is 2.97. The highest BCUT2D eigenvalue weighted by Crippen LogP contribution is 2.10. The van der Waals surface area contributed by atoms with Crippen LogP contribution in [-0.4, -0.2) is 7.85 Å². The molecule has 0 spiro atoms. The Morgan fingerprint density at radius 1 is 1.50 bits per heavy atom. The molecule has 2 radical (unpaired) electrons. The fourth-order valence-corrected chi connectivity index (χ4v) is 1.37. The highest BCUT2D eigenvalue weighted by molar-refractivity contribution is 9.08. The van der Waals surface area contributed by atoms with Crippen molar-refractivity contribution in [2.45, 2.75) is 5.33 Å². The van der Waals surface area contributed by atoms with E-state index in [-0.39, 0.29) is 0 Å². The second-order valence-electron chi connectivity index (χ2n) is 1.98. The summed E-state index contributed by atoms with van der Waals surface area (Å²) in [4.78, 5) is 0. The zero-order valence-corrected chi connectivity index (χ0v) is 7.61. The Labute approximate surface area is 75.1 Å². The van der Waals surface area contributed by atoms with Crippen LogP contribution in [0.15, 0.2) is 18.2 Å². The quantitative estimate of drug-likeness (QED) is 0.496. The van der Waals surface area contributed by atoms with Gasteiger partial charge in [0.05, 0.1) is 0 Å². The zero-order valence-electron chi connectivity index (χ0n) is 5.27. The normalized spacial score (nSPS) is 9.80. The monoisotopic (exact) mass is 214 g/mol. The third-order valence-corrected chi connectivity index (χ3v) is 2.09. The van der Waals surface area contributed by atoms with E-state index in [1.165, 1.54) is 0 Å². The number of hydrogen-bond donors (Lipinski definition) is 0. The minimum atomic E-state index is 0.726. The van der Waals surface area contributed by atoms with Crippen LogP contribution in [0.2, 0.25) is 5.02 Å². The van der Waals surface area contributed by atoms with Gasteiger partial charge >= 0.3 is 0 Å². The van der Waals surface area contributed by atoms with Crippen molar-refractivity contribution in [1.29, 1.82) is 0 Å². The third kappa shape index (κ3) is 1.77. The van der Waals surface area contributed by atoms with Crippen molar-refractivity contribution in [2.75, 3.05) is 0 Å². The van der Waals surface area contributed by atoms with Crippen molar-refractivity contribution < 1.29 is 0 Å². The fourth-order valence-electron chi connectivity index (χ4n) is 0.690. The molecule has 0 atom stereocenters. The highest BCUT2D eigenvalue weighted by atomic mass is 79.9. The Balaban J connectivity index is 3.09. The molecule has 1 rings (SSSR count). The first-order valence-electron chi connectivity index (χ1n) is 2.84. The molecule has 0 saturated carbocycles. The van der Waals surface area contributed by atoms with Crippen molar-refractivity contribution >= 4 is 40.8 Å². The number of alkyl halides is 1. The van der Waals surface area contributed by atoms with E-state index in [1.54, 1.807) is 12.1 Å². The van der Waals surface area contributed by atoms with Crippen LogP contribution in [0.4, 0.5) is 0 Å². The summed E-state index contributed by atoms with van der Waals surface area (Å²) in [6.07, 6.45) is 0. The largest absolute Gasteiger partial charge is 0.114 e. The highest BCUT2D eigenvalue weighted by Gasteiger charge is 1.95. The molecule has 3 heteroatoms. The van der Waals surface area contributed by atoms with Crippen LogP contribution in [0.1, 0.15) is 5.56 Å². The molecule has 0 amide bonds. The van der Waals surface area contributed by atoms with Gasteiger partial charge in [-0.1, -0.05) is 39.1 Å². The molecule has 0 saturated heterocycles. The van der Waals surface area contributed by atoms with Crippen molar-refractivity contribution in [2.24, 2.45) is 0 Å². The standard InChI is InChI=1S/C7H5BBrCl/c8-7-2-1-6(10)3-5(7)4-9/h1-3H,4H2. The predicted octanol–water partition coefficient (Wildman–Crippen LogP) is 2.03. The number of hydrogen-bond acceptors (Lipinski definition) is 0. The summed E-state index contributed by atoms with van der Waals surface area (Å²) in [7, 11) is 5.61. The number of benzene rings is 1. The molecule has 0 fully saturated rings. The molecule has 0 N–H and O–H groups in total. The van der Waals surface area contributed by atoms with Crippen molar-refractivity contribution in [3.05, 3.63) is 28.8 Å². The molecule has 0 aliphatic carbocycles. The molecule has 50 valence electrons. The van der Waals surface area contributed by atoms with E-state index in [2.05, 4.69) is 15.9 Å². The van der Waals surface area contributed by atoms with Gasteiger partial charge in [-0.25, -0.2) is 0 Å². The molecule has 0 bridgehead atoms. The first-order valence-corrected chi connectivity index (χ1v) is 4.34. The molecule has 10 heavy (non-hydrogen) atoms. The average molecular weight is 215 g/mol. The van der Waals surface area contributed by atoms with E-state index >= 15 is 0 Å². The van der Waals surface area contributed by atoms with E-state index in [1.807, 2.05) is 6.07 Å². The van der Waals surface area contributed by atoms with Gasteiger partial charge < -0.3 is 0 Å². The number of rotatable bonds is 1. The van der Waals surface area contributed by atoms with Gasteiger partial charge in [0.25, 0.3) is 0 Å². The molecule has 1 aromatic carbocycles. The van der Waals surface area contributed by atoms with E-state index in [0.717, 1.165) is 21.4 Å². The summed E-state index contributed by atoms with van der Waals surface area (Å²) in [5.41, 5.74) is 1.81. The van der Waals surface area contributed by atoms with Gasteiger partial charge in [-0.2, -0.15) is 0 Å². The summed E-state index contributed by atoms with van der Waals surface area (Å²) in [6.45, 7) is 0. The van der Waals surface area contributed by atoms with E-state index in [9.17, 15) is 0 Å². The lowest BCUT2D eigenvalue weighted by Gasteiger charge is -2.00. The SMILES string of the molecule is [B]c1ccc(Cl)cc1CBr. The minimum Gasteiger partial charge on any atom is -0.0926 e. The van der Waals surface area contributed by atoms with Gasteiger partial charge in [0.15, 0.2) is 0 Å². The molecule has 0 unspecified atom stereocenters. The Morgan fingerprint density at radius 3 is 2.70 bits per heavy atom. The van der Waals surface area contributed by atoms with Gasteiger partial charge in [-0.3, -0.25) is 0 Å². The maximum Gasteiger partial charge on any atom is 0.114 e. The fraction of sp³-hybridized carbons (Fsp3) is 0.143. The van der Waals surface area contributed by atoms with Crippen molar-refractivity contribution in [1.82, 2.24) is 0 Å². The van der Waals surface area contributed by atoms with Gasteiger partial charge in [0.1, 0.15) is 7.85 Å². The average Bonchev–Trinajstić information content (AvgIpc) is 1.94. The van der Waals surface area contributed by atoms with E-state index < -0.39 is 0 Å². The minimum absolute atomic E-state index is 0.726. The lowest BCUT2D eigenvalue weighted by molar-refractivity contribution is 1.48. The third-order valence-electron chi connectivity index (χ3n) is 1.25. The van der Waals surface area contributed by atoms with Crippen molar-refractivity contribution in [3.8, 4) is 0 Å². The Bertz CT molecular complexity index is 237. The zero-order chi connectivity index (χ0) is 7.56. The first kappa shape index (κ1) is 8.15. The maximum absolute atomic E-state index is 5.72. The molecule has 0 nitrogen and oxygen atoms in total. The van der Waals surface area contributed by atoms with Gasteiger partial charge in [-0.05, 0) is 17.7 Å². The van der Waals surface area contributed by atoms with Crippen LogP contribution < -0.4 is 5.46 Å². The molecule has 0 aliphatic rings. The molecule has 0 aromatic heterocycles. The summed E-state index contributed by atoms with van der Waals surface area (Å²) < 4.78 is 0. The van der Waals surface area contributed by atoms with Crippen molar-refractivity contribution in [3.63, 3.8) is 0 Å². The topological polar surface area (TPSA) is 0 Å². The molecule has 0 aliphatic heterocycles. The summed E-state index contributed by atoms with van der Waals surface area (Å²) in [6, 6.07) is 5.44. The molecule has 0 heterocycles. The lowest BCUT2D eigenvalue weighted by atomic mass is 9.92. The predicted molar refractivity (Wildman–Crippen MR) is 49.5 cm³/mol. The molecular weight excluding hydrogens is 210 g/mol.